The van der Waals surface area contributed by atoms with E-state index < -0.39 is 5.91 Å². The van der Waals surface area contributed by atoms with Gasteiger partial charge in [-0.25, -0.2) is 0 Å². The third-order valence-corrected chi connectivity index (χ3v) is 4.12. The number of carbonyl (C=O) groups excluding carboxylic acids is 3. The molecule has 7 nitrogen and oxygen atoms in total. The third kappa shape index (κ3) is 6.79. The molecule has 1 saturated carbocycles. The van der Waals surface area contributed by atoms with Crippen molar-refractivity contribution >= 4 is 40.7 Å². The average Bonchev–Trinajstić information content (AvgIpc) is 3.45. The molecule has 0 spiro atoms. The number of amides is 3. The summed E-state index contributed by atoms with van der Waals surface area (Å²) in [6.07, 6.45) is 5.11. The largest absolute Gasteiger partial charge is 0.326 e. The molecular formula is C18H24N4O3S. The molecule has 0 saturated heterocycles. The SMILES string of the molecule is CCCCCC(=O)NC(=S)NNC(=O)c1ccc(NC(=O)C2CC2)cc1. The number of carbonyl (C=O) groups is 3. The van der Waals surface area contributed by atoms with E-state index in [1.807, 2.05) is 0 Å². The van der Waals surface area contributed by atoms with E-state index in [-0.39, 0.29) is 22.8 Å². The van der Waals surface area contributed by atoms with Crippen molar-refractivity contribution in [1.82, 2.24) is 16.2 Å². The molecule has 0 aromatic heterocycles. The summed E-state index contributed by atoms with van der Waals surface area (Å²) in [4.78, 5) is 35.4. The molecular weight excluding hydrogens is 352 g/mol. The normalized spacial score (nSPS) is 12.8. The van der Waals surface area contributed by atoms with Crippen LogP contribution in [0.1, 0.15) is 55.8 Å². The summed E-state index contributed by atoms with van der Waals surface area (Å²) in [6.45, 7) is 2.06. The molecule has 0 atom stereocenters. The molecule has 1 aliphatic rings. The number of nitrogens with one attached hydrogen (secondary N) is 4. The fourth-order valence-corrected chi connectivity index (χ4v) is 2.40. The van der Waals surface area contributed by atoms with E-state index in [4.69, 9.17) is 12.2 Å². The Balaban J connectivity index is 1.72. The summed E-state index contributed by atoms with van der Waals surface area (Å²) in [5.74, 6) is -0.433. The highest BCUT2D eigenvalue weighted by Crippen LogP contribution is 2.30. The van der Waals surface area contributed by atoms with Gasteiger partial charge in [-0.2, -0.15) is 0 Å². The first kappa shape index (κ1) is 19.8. The van der Waals surface area contributed by atoms with Crippen molar-refractivity contribution < 1.29 is 14.4 Å². The van der Waals surface area contributed by atoms with Gasteiger partial charge in [0, 0.05) is 23.6 Å². The molecule has 26 heavy (non-hydrogen) atoms. The van der Waals surface area contributed by atoms with Crippen LogP contribution in [0, 0.1) is 5.92 Å². The van der Waals surface area contributed by atoms with Gasteiger partial charge in [-0.15, -0.1) is 0 Å². The van der Waals surface area contributed by atoms with Crippen LogP contribution in [-0.2, 0) is 9.59 Å². The van der Waals surface area contributed by atoms with Gasteiger partial charge in [0.25, 0.3) is 5.91 Å². The standard InChI is InChI=1S/C18H24N4O3S/c1-2-3-4-5-15(23)20-18(26)22-21-17(25)13-8-10-14(11-9-13)19-16(24)12-6-7-12/h8-12H,2-7H2,1H3,(H,19,24)(H,21,25)(H2,20,22,23,26). The van der Waals surface area contributed by atoms with Gasteiger partial charge in [0.15, 0.2) is 5.11 Å². The predicted octanol–water partition coefficient (Wildman–Crippen LogP) is 2.25. The van der Waals surface area contributed by atoms with Crippen molar-refractivity contribution in [1.29, 1.82) is 0 Å². The number of rotatable bonds is 7. The van der Waals surface area contributed by atoms with Crippen LogP contribution in [0.5, 0.6) is 0 Å². The van der Waals surface area contributed by atoms with E-state index in [0.29, 0.717) is 17.7 Å². The number of hydrazine groups is 1. The van der Waals surface area contributed by atoms with E-state index in [1.165, 1.54) is 0 Å². The number of anilines is 1. The maximum atomic E-state index is 12.1. The van der Waals surface area contributed by atoms with Crippen molar-refractivity contribution in [3.05, 3.63) is 29.8 Å². The van der Waals surface area contributed by atoms with Gasteiger partial charge in [0.1, 0.15) is 0 Å². The molecule has 0 unspecified atom stereocenters. The summed E-state index contributed by atoms with van der Waals surface area (Å²) in [5, 5.41) is 5.37. The molecule has 3 amide bonds. The lowest BCUT2D eigenvalue weighted by Gasteiger charge is -2.11. The van der Waals surface area contributed by atoms with Gasteiger partial charge < -0.3 is 10.6 Å². The van der Waals surface area contributed by atoms with E-state index in [9.17, 15) is 14.4 Å². The zero-order chi connectivity index (χ0) is 18.9. The molecule has 8 heteroatoms. The molecule has 1 aliphatic carbocycles. The fraction of sp³-hybridized carbons (Fsp3) is 0.444. The molecule has 2 rings (SSSR count). The number of hydrogen-bond acceptors (Lipinski definition) is 4. The zero-order valence-corrected chi connectivity index (χ0v) is 15.6. The zero-order valence-electron chi connectivity index (χ0n) is 14.8. The van der Waals surface area contributed by atoms with E-state index in [2.05, 4.69) is 28.4 Å². The summed E-state index contributed by atoms with van der Waals surface area (Å²) in [7, 11) is 0. The average molecular weight is 376 g/mol. The lowest BCUT2D eigenvalue weighted by molar-refractivity contribution is -0.120. The summed E-state index contributed by atoms with van der Waals surface area (Å²) in [6, 6.07) is 6.55. The van der Waals surface area contributed by atoms with Crippen LogP contribution >= 0.6 is 12.2 Å². The molecule has 140 valence electrons. The minimum absolute atomic E-state index is 0.0175. The Hall–Kier alpha value is -2.48. The van der Waals surface area contributed by atoms with Crippen LogP contribution in [0.3, 0.4) is 0 Å². The number of benzene rings is 1. The van der Waals surface area contributed by atoms with E-state index in [1.54, 1.807) is 24.3 Å². The first-order valence-electron chi connectivity index (χ1n) is 8.80. The van der Waals surface area contributed by atoms with Gasteiger partial charge in [0.2, 0.25) is 11.8 Å². The topological polar surface area (TPSA) is 99.3 Å². The summed E-state index contributed by atoms with van der Waals surface area (Å²) >= 11 is 4.97. The quantitative estimate of drug-likeness (QED) is 0.332. The first-order valence-corrected chi connectivity index (χ1v) is 9.21. The molecule has 4 N–H and O–H groups in total. The van der Waals surface area contributed by atoms with Gasteiger partial charge in [-0.05, 0) is 55.7 Å². The summed E-state index contributed by atoms with van der Waals surface area (Å²) in [5.41, 5.74) is 5.99. The Kier molecular flexibility index (Phi) is 7.53. The van der Waals surface area contributed by atoms with Crippen molar-refractivity contribution in [3.63, 3.8) is 0 Å². The highest BCUT2D eigenvalue weighted by Gasteiger charge is 2.29. The van der Waals surface area contributed by atoms with Gasteiger partial charge in [-0.3, -0.25) is 25.2 Å². The smallest absolute Gasteiger partial charge is 0.269 e. The fourth-order valence-electron chi connectivity index (χ4n) is 2.24. The van der Waals surface area contributed by atoms with Crippen LogP contribution in [0.4, 0.5) is 5.69 Å². The highest BCUT2D eigenvalue weighted by molar-refractivity contribution is 7.80. The minimum Gasteiger partial charge on any atom is -0.326 e. The second-order valence-electron chi connectivity index (χ2n) is 6.25. The van der Waals surface area contributed by atoms with E-state index >= 15 is 0 Å². The van der Waals surface area contributed by atoms with Gasteiger partial charge in [0.05, 0.1) is 0 Å². The molecule has 1 aromatic carbocycles. The molecule has 0 aliphatic heterocycles. The molecule has 0 heterocycles. The van der Waals surface area contributed by atoms with Crippen molar-refractivity contribution in [2.45, 2.75) is 45.4 Å². The van der Waals surface area contributed by atoms with Crippen LogP contribution in [0.2, 0.25) is 0 Å². The maximum Gasteiger partial charge on any atom is 0.269 e. The second-order valence-corrected chi connectivity index (χ2v) is 6.66. The first-order chi connectivity index (χ1) is 12.5. The van der Waals surface area contributed by atoms with Crippen LogP contribution in [0.25, 0.3) is 0 Å². The van der Waals surface area contributed by atoms with Crippen LogP contribution < -0.4 is 21.5 Å². The van der Waals surface area contributed by atoms with E-state index in [0.717, 1.165) is 32.1 Å². The Morgan fingerprint density at radius 3 is 2.38 bits per heavy atom. The molecule has 0 bridgehead atoms. The third-order valence-electron chi connectivity index (χ3n) is 3.91. The van der Waals surface area contributed by atoms with Crippen molar-refractivity contribution in [3.8, 4) is 0 Å². The summed E-state index contributed by atoms with van der Waals surface area (Å²) < 4.78 is 0. The van der Waals surface area contributed by atoms with Crippen molar-refractivity contribution in [2.75, 3.05) is 5.32 Å². The molecule has 1 fully saturated rings. The lowest BCUT2D eigenvalue weighted by Crippen LogP contribution is -2.48. The van der Waals surface area contributed by atoms with Crippen LogP contribution in [-0.4, -0.2) is 22.8 Å². The maximum absolute atomic E-state index is 12.1. The second kappa shape index (κ2) is 9.86. The Morgan fingerprint density at radius 1 is 1.08 bits per heavy atom. The lowest BCUT2D eigenvalue weighted by atomic mass is 10.2. The number of unbranched alkanes of at least 4 members (excludes halogenated alkanes) is 2. The number of thiocarbonyl (C=S) groups is 1. The van der Waals surface area contributed by atoms with Gasteiger partial charge in [-0.1, -0.05) is 19.8 Å². The monoisotopic (exact) mass is 376 g/mol. The Morgan fingerprint density at radius 2 is 1.77 bits per heavy atom. The van der Waals surface area contributed by atoms with Crippen LogP contribution in [0.15, 0.2) is 24.3 Å². The highest BCUT2D eigenvalue weighted by atomic mass is 32.1. The Bertz CT molecular complexity index is 672. The number of hydrogen-bond donors (Lipinski definition) is 4. The van der Waals surface area contributed by atoms with Crippen molar-refractivity contribution in [2.24, 2.45) is 5.92 Å². The Labute approximate surface area is 158 Å². The minimum atomic E-state index is -0.396. The predicted molar refractivity (Wildman–Crippen MR) is 103 cm³/mol. The van der Waals surface area contributed by atoms with Gasteiger partial charge >= 0.3 is 0 Å². The molecule has 1 aromatic rings. The molecule has 0 radical (unpaired) electrons.